The van der Waals surface area contributed by atoms with Crippen molar-refractivity contribution in [2.45, 2.75) is 51.6 Å². The van der Waals surface area contributed by atoms with Gasteiger partial charge in [-0.15, -0.1) is 0 Å². The molecular weight excluding hydrogens is 327 g/mol. The average molecular weight is 352 g/mol. The van der Waals surface area contributed by atoms with Gasteiger partial charge in [0, 0.05) is 12.0 Å². The third-order valence-corrected chi connectivity index (χ3v) is 5.82. The number of halogens is 1. The number of ketones is 1. The van der Waals surface area contributed by atoms with E-state index in [1.54, 1.807) is 6.07 Å². The summed E-state index contributed by atoms with van der Waals surface area (Å²) in [6.07, 6.45) is 5.17. The maximum atomic E-state index is 14.8. The van der Waals surface area contributed by atoms with Crippen molar-refractivity contribution in [2.24, 2.45) is 11.8 Å². The smallest absolute Gasteiger partial charge is 0.169 e. The van der Waals surface area contributed by atoms with Gasteiger partial charge in [-0.25, -0.2) is 4.39 Å². The molecule has 0 aromatic heterocycles. The van der Waals surface area contributed by atoms with Crippen LogP contribution < -0.4 is 4.74 Å². The summed E-state index contributed by atoms with van der Waals surface area (Å²) in [6.45, 7) is 2.51. The van der Waals surface area contributed by atoms with Crippen molar-refractivity contribution in [2.75, 3.05) is 0 Å². The van der Waals surface area contributed by atoms with Gasteiger partial charge in [0.25, 0.3) is 0 Å². The summed E-state index contributed by atoms with van der Waals surface area (Å²) >= 11 is 0. The minimum atomic E-state index is -0.443. The highest BCUT2D eigenvalue weighted by Gasteiger charge is 2.34. The van der Waals surface area contributed by atoms with E-state index in [0.717, 1.165) is 43.2 Å². The summed E-state index contributed by atoms with van der Waals surface area (Å²) in [5.41, 5.74) is 2.31. The Morgan fingerprint density at radius 2 is 1.88 bits per heavy atom. The highest BCUT2D eigenvalue weighted by atomic mass is 19.1. The van der Waals surface area contributed by atoms with Gasteiger partial charge in [0.15, 0.2) is 5.78 Å². The molecule has 2 atom stereocenters. The van der Waals surface area contributed by atoms with Crippen LogP contribution in [0.15, 0.2) is 42.5 Å². The van der Waals surface area contributed by atoms with Crippen LogP contribution in [0.2, 0.25) is 0 Å². The summed E-state index contributed by atoms with van der Waals surface area (Å²) in [5.74, 6) is 0.831. The lowest BCUT2D eigenvalue weighted by Crippen LogP contribution is -2.19. The van der Waals surface area contributed by atoms with Crippen molar-refractivity contribution < 1.29 is 13.9 Å². The lowest BCUT2D eigenvalue weighted by Gasteiger charge is -2.17. The van der Waals surface area contributed by atoms with Gasteiger partial charge in [-0.3, -0.25) is 4.79 Å². The Labute approximate surface area is 154 Å². The number of carbonyl (C=O) groups is 1. The zero-order chi connectivity index (χ0) is 18.1. The van der Waals surface area contributed by atoms with Gasteiger partial charge in [0.2, 0.25) is 0 Å². The molecule has 2 aliphatic carbocycles. The van der Waals surface area contributed by atoms with Gasteiger partial charge in [-0.2, -0.15) is 0 Å². The molecule has 0 saturated heterocycles. The van der Waals surface area contributed by atoms with Crippen LogP contribution in [0.4, 0.5) is 4.39 Å². The summed E-state index contributed by atoms with van der Waals surface area (Å²) in [7, 11) is 0. The summed E-state index contributed by atoms with van der Waals surface area (Å²) in [4.78, 5) is 12.9. The molecular formula is C23H25FO2. The second kappa shape index (κ2) is 7.22. The zero-order valence-corrected chi connectivity index (χ0v) is 15.2. The Kier molecular flexibility index (Phi) is 4.80. The molecule has 0 amide bonds. The Morgan fingerprint density at radius 3 is 2.54 bits per heavy atom. The van der Waals surface area contributed by atoms with Gasteiger partial charge in [0.1, 0.15) is 18.2 Å². The molecule has 2 saturated carbocycles. The van der Waals surface area contributed by atoms with E-state index < -0.39 is 5.82 Å². The Balaban J connectivity index is 1.59. The van der Waals surface area contributed by atoms with Gasteiger partial charge in [-0.05, 0) is 54.7 Å². The van der Waals surface area contributed by atoms with Crippen LogP contribution in [0.3, 0.4) is 0 Å². The lowest BCUT2D eigenvalue weighted by molar-refractivity contribution is 0.0892. The molecule has 0 heterocycles. The second-order valence-electron chi connectivity index (χ2n) is 7.80. The van der Waals surface area contributed by atoms with E-state index in [1.807, 2.05) is 30.3 Å². The second-order valence-corrected chi connectivity index (χ2v) is 7.80. The van der Waals surface area contributed by atoms with E-state index in [-0.39, 0.29) is 17.3 Å². The topological polar surface area (TPSA) is 26.3 Å². The van der Waals surface area contributed by atoms with Crippen LogP contribution in [0.1, 0.15) is 66.4 Å². The molecule has 0 N–H and O–H groups in total. The fraction of sp³-hybridized carbons (Fsp3) is 0.435. The van der Waals surface area contributed by atoms with Crippen LogP contribution in [0.5, 0.6) is 5.75 Å². The summed E-state index contributed by atoms with van der Waals surface area (Å²) < 4.78 is 20.7. The molecule has 0 unspecified atom stereocenters. The molecule has 2 aromatic carbocycles. The van der Waals surface area contributed by atoms with Crippen molar-refractivity contribution in [3.8, 4) is 5.75 Å². The van der Waals surface area contributed by atoms with Crippen LogP contribution in [0.25, 0.3) is 0 Å². The molecule has 136 valence electrons. The molecule has 0 bridgehead atoms. The lowest BCUT2D eigenvalue weighted by atomic mass is 9.88. The highest BCUT2D eigenvalue weighted by molar-refractivity contribution is 5.98. The first kappa shape index (κ1) is 17.3. The molecule has 3 heteroatoms. The quantitative estimate of drug-likeness (QED) is 0.605. The Morgan fingerprint density at radius 1 is 1.12 bits per heavy atom. The third kappa shape index (κ3) is 3.53. The Hall–Kier alpha value is -2.16. The number of hydrogen-bond acceptors (Lipinski definition) is 2. The average Bonchev–Trinajstić information content (AvgIpc) is 3.41. The molecule has 0 spiro atoms. The van der Waals surface area contributed by atoms with E-state index >= 15 is 0 Å². The molecule has 2 nitrogen and oxygen atoms in total. The number of ether oxygens (including phenoxy) is 1. The SMILES string of the molecule is C[C@@H]1CCC[C@H]1C(=O)c1cc(C2CC2)c(OCc2ccccc2)cc1F. The monoisotopic (exact) mass is 352 g/mol. The van der Waals surface area contributed by atoms with Gasteiger partial charge >= 0.3 is 0 Å². The fourth-order valence-corrected chi connectivity index (χ4v) is 4.07. The minimum absolute atomic E-state index is 0.0241. The first-order valence-electron chi connectivity index (χ1n) is 9.68. The fourth-order valence-electron chi connectivity index (χ4n) is 4.07. The van der Waals surface area contributed by atoms with Crippen LogP contribution in [-0.2, 0) is 6.61 Å². The highest BCUT2D eigenvalue weighted by Crippen LogP contribution is 2.46. The van der Waals surface area contributed by atoms with Crippen molar-refractivity contribution in [1.82, 2.24) is 0 Å². The van der Waals surface area contributed by atoms with Gasteiger partial charge in [-0.1, -0.05) is 43.7 Å². The van der Waals surface area contributed by atoms with E-state index in [1.165, 1.54) is 6.07 Å². The van der Waals surface area contributed by atoms with Crippen molar-refractivity contribution in [3.63, 3.8) is 0 Å². The van der Waals surface area contributed by atoms with Crippen LogP contribution >= 0.6 is 0 Å². The van der Waals surface area contributed by atoms with Crippen LogP contribution in [0, 0.1) is 17.7 Å². The first-order chi connectivity index (χ1) is 12.6. The largest absolute Gasteiger partial charge is 0.489 e. The summed E-state index contributed by atoms with van der Waals surface area (Å²) in [6, 6.07) is 13.1. The van der Waals surface area contributed by atoms with E-state index in [0.29, 0.717) is 24.2 Å². The normalized spacial score (nSPS) is 22.4. The third-order valence-electron chi connectivity index (χ3n) is 5.82. The number of benzene rings is 2. The molecule has 0 aliphatic heterocycles. The number of rotatable bonds is 6. The minimum Gasteiger partial charge on any atom is -0.489 e. The molecule has 2 aliphatic rings. The zero-order valence-electron chi connectivity index (χ0n) is 15.2. The number of carbonyl (C=O) groups excluding carboxylic acids is 1. The molecule has 4 rings (SSSR count). The first-order valence-corrected chi connectivity index (χ1v) is 9.68. The predicted octanol–water partition coefficient (Wildman–Crippen LogP) is 5.90. The summed E-state index contributed by atoms with van der Waals surface area (Å²) in [5, 5.41) is 0. The van der Waals surface area contributed by atoms with Crippen molar-refractivity contribution in [3.05, 3.63) is 65.0 Å². The number of hydrogen-bond donors (Lipinski definition) is 0. The van der Waals surface area contributed by atoms with Crippen molar-refractivity contribution in [1.29, 1.82) is 0 Å². The molecule has 2 aromatic rings. The van der Waals surface area contributed by atoms with E-state index in [2.05, 4.69) is 6.92 Å². The van der Waals surface area contributed by atoms with Crippen molar-refractivity contribution >= 4 is 5.78 Å². The predicted molar refractivity (Wildman–Crippen MR) is 100.0 cm³/mol. The molecule has 26 heavy (non-hydrogen) atoms. The van der Waals surface area contributed by atoms with E-state index in [4.69, 9.17) is 4.74 Å². The Bertz CT molecular complexity index is 795. The maximum Gasteiger partial charge on any atom is 0.169 e. The van der Waals surface area contributed by atoms with Gasteiger partial charge in [0.05, 0.1) is 5.56 Å². The standard InChI is InChI=1S/C23H25FO2/c1-15-6-5-9-18(15)23(25)20-12-19(17-10-11-17)22(13-21(20)24)26-14-16-7-3-2-4-8-16/h2-4,7-8,12-13,15,17-18H,5-6,9-11,14H2,1H3/t15-,18-/m1/s1. The van der Waals surface area contributed by atoms with Gasteiger partial charge < -0.3 is 4.74 Å². The molecule has 0 radical (unpaired) electrons. The maximum absolute atomic E-state index is 14.8. The van der Waals surface area contributed by atoms with E-state index in [9.17, 15) is 9.18 Å². The number of Topliss-reactive ketones (excluding diaryl/α,β-unsaturated/α-hetero) is 1. The van der Waals surface area contributed by atoms with Crippen LogP contribution in [-0.4, -0.2) is 5.78 Å². The molecule has 2 fully saturated rings.